The normalized spacial score (nSPS) is 11.1. The summed E-state index contributed by atoms with van der Waals surface area (Å²) in [5.41, 5.74) is 9.07. The highest BCUT2D eigenvalue weighted by Gasteiger charge is 2.06. The standard InChI is InChI=1S/C15H16N4O/c1-10-18-13-9-11(4-5-14(13)20-10)12-6-8-17-15(19-12)3-2-7-16/h4-6,8-9H,2-3,7,16H2,1H3. The summed E-state index contributed by atoms with van der Waals surface area (Å²) in [5.74, 6) is 1.49. The monoisotopic (exact) mass is 268 g/mol. The summed E-state index contributed by atoms with van der Waals surface area (Å²) in [4.78, 5) is 13.2. The van der Waals surface area contributed by atoms with Gasteiger partial charge in [-0.25, -0.2) is 15.0 Å². The van der Waals surface area contributed by atoms with Gasteiger partial charge in [-0.2, -0.15) is 0 Å². The molecule has 0 spiro atoms. The van der Waals surface area contributed by atoms with Crippen molar-refractivity contribution in [2.75, 3.05) is 6.54 Å². The van der Waals surface area contributed by atoms with Crippen LogP contribution in [0.1, 0.15) is 18.1 Å². The molecule has 20 heavy (non-hydrogen) atoms. The predicted molar refractivity (Wildman–Crippen MR) is 77.1 cm³/mol. The quantitative estimate of drug-likeness (QED) is 0.786. The van der Waals surface area contributed by atoms with Crippen LogP contribution in [0.25, 0.3) is 22.4 Å². The summed E-state index contributed by atoms with van der Waals surface area (Å²) < 4.78 is 5.48. The van der Waals surface area contributed by atoms with E-state index in [1.54, 1.807) is 6.20 Å². The van der Waals surface area contributed by atoms with Crippen LogP contribution < -0.4 is 5.73 Å². The molecule has 0 bridgehead atoms. The Morgan fingerprint density at radius 1 is 1.20 bits per heavy atom. The summed E-state index contributed by atoms with van der Waals surface area (Å²) in [7, 11) is 0. The average Bonchev–Trinajstić information content (AvgIpc) is 2.84. The molecule has 0 amide bonds. The Labute approximate surface area is 116 Å². The van der Waals surface area contributed by atoms with E-state index in [0.29, 0.717) is 12.4 Å². The zero-order chi connectivity index (χ0) is 13.9. The summed E-state index contributed by atoms with van der Waals surface area (Å²) >= 11 is 0. The van der Waals surface area contributed by atoms with Gasteiger partial charge < -0.3 is 10.2 Å². The molecule has 2 aromatic heterocycles. The number of aryl methyl sites for hydroxylation is 2. The van der Waals surface area contributed by atoms with Gasteiger partial charge in [0.25, 0.3) is 0 Å². The van der Waals surface area contributed by atoms with Crippen molar-refractivity contribution < 1.29 is 4.42 Å². The van der Waals surface area contributed by atoms with E-state index in [1.165, 1.54) is 0 Å². The van der Waals surface area contributed by atoms with Crippen molar-refractivity contribution >= 4 is 11.1 Å². The Bertz CT molecular complexity index is 736. The fourth-order valence-electron chi connectivity index (χ4n) is 2.14. The van der Waals surface area contributed by atoms with E-state index in [1.807, 2.05) is 31.2 Å². The first-order valence-electron chi connectivity index (χ1n) is 6.66. The van der Waals surface area contributed by atoms with Gasteiger partial charge in [-0.1, -0.05) is 0 Å². The van der Waals surface area contributed by atoms with Gasteiger partial charge in [0.15, 0.2) is 11.5 Å². The Morgan fingerprint density at radius 2 is 2.10 bits per heavy atom. The van der Waals surface area contributed by atoms with Crippen molar-refractivity contribution in [2.24, 2.45) is 5.73 Å². The van der Waals surface area contributed by atoms with Gasteiger partial charge in [0.2, 0.25) is 0 Å². The highest BCUT2D eigenvalue weighted by Crippen LogP contribution is 2.23. The lowest BCUT2D eigenvalue weighted by atomic mass is 10.1. The first kappa shape index (κ1) is 12.7. The lowest BCUT2D eigenvalue weighted by Gasteiger charge is -2.03. The van der Waals surface area contributed by atoms with Crippen LogP contribution in [0.2, 0.25) is 0 Å². The fourth-order valence-corrected chi connectivity index (χ4v) is 2.14. The molecule has 0 saturated carbocycles. The van der Waals surface area contributed by atoms with E-state index in [4.69, 9.17) is 10.2 Å². The fraction of sp³-hybridized carbons (Fsp3) is 0.267. The number of aromatic nitrogens is 3. The maximum Gasteiger partial charge on any atom is 0.192 e. The molecule has 0 unspecified atom stereocenters. The zero-order valence-corrected chi connectivity index (χ0v) is 11.3. The molecule has 0 radical (unpaired) electrons. The SMILES string of the molecule is Cc1nc2cc(-c3ccnc(CCCN)n3)ccc2o1. The molecule has 3 aromatic rings. The van der Waals surface area contributed by atoms with Crippen LogP contribution in [0.4, 0.5) is 0 Å². The average molecular weight is 268 g/mol. The molecule has 102 valence electrons. The molecule has 3 rings (SSSR count). The van der Waals surface area contributed by atoms with E-state index < -0.39 is 0 Å². The van der Waals surface area contributed by atoms with Gasteiger partial charge in [-0.3, -0.25) is 0 Å². The second kappa shape index (κ2) is 5.38. The van der Waals surface area contributed by atoms with Gasteiger partial charge in [0, 0.05) is 25.1 Å². The minimum absolute atomic E-state index is 0.651. The molecule has 5 heteroatoms. The number of hydrogen-bond acceptors (Lipinski definition) is 5. The largest absolute Gasteiger partial charge is 0.441 e. The number of hydrogen-bond donors (Lipinski definition) is 1. The molecule has 1 aromatic carbocycles. The molecular weight excluding hydrogens is 252 g/mol. The summed E-state index contributed by atoms with van der Waals surface area (Å²) in [6.45, 7) is 2.49. The van der Waals surface area contributed by atoms with Crippen molar-refractivity contribution in [1.29, 1.82) is 0 Å². The molecular formula is C15H16N4O. The number of fused-ring (bicyclic) bond motifs is 1. The van der Waals surface area contributed by atoms with E-state index in [2.05, 4.69) is 15.0 Å². The van der Waals surface area contributed by atoms with E-state index in [0.717, 1.165) is 41.0 Å². The van der Waals surface area contributed by atoms with Crippen molar-refractivity contribution in [3.8, 4) is 11.3 Å². The van der Waals surface area contributed by atoms with Crippen molar-refractivity contribution in [3.05, 3.63) is 42.2 Å². The van der Waals surface area contributed by atoms with Gasteiger partial charge in [-0.15, -0.1) is 0 Å². The minimum atomic E-state index is 0.651. The van der Waals surface area contributed by atoms with Crippen LogP contribution in [0.15, 0.2) is 34.9 Å². The molecule has 0 atom stereocenters. The molecule has 0 aliphatic heterocycles. The number of oxazole rings is 1. The maximum atomic E-state index is 5.52. The van der Waals surface area contributed by atoms with E-state index in [9.17, 15) is 0 Å². The molecule has 2 heterocycles. The Hall–Kier alpha value is -2.27. The van der Waals surface area contributed by atoms with E-state index >= 15 is 0 Å². The lowest BCUT2D eigenvalue weighted by Crippen LogP contribution is -2.03. The summed E-state index contributed by atoms with van der Waals surface area (Å²) in [6.07, 6.45) is 3.48. The third-order valence-electron chi connectivity index (χ3n) is 3.10. The Balaban J connectivity index is 1.97. The predicted octanol–water partition coefficient (Wildman–Crippen LogP) is 2.48. The number of rotatable bonds is 4. The van der Waals surface area contributed by atoms with Crippen molar-refractivity contribution in [2.45, 2.75) is 19.8 Å². The van der Waals surface area contributed by atoms with Crippen LogP contribution in [0.5, 0.6) is 0 Å². The smallest absolute Gasteiger partial charge is 0.192 e. The number of benzene rings is 1. The van der Waals surface area contributed by atoms with Crippen LogP contribution >= 0.6 is 0 Å². The second-order valence-electron chi connectivity index (χ2n) is 4.67. The first-order valence-corrected chi connectivity index (χ1v) is 6.66. The van der Waals surface area contributed by atoms with Crippen LogP contribution in [-0.4, -0.2) is 21.5 Å². The molecule has 0 aliphatic carbocycles. The third-order valence-corrected chi connectivity index (χ3v) is 3.10. The van der Waals surface area contributed by atoms with Crippen LogP contribution in [0.3, 0.4) is 0 Å². The topological polar surface area (TPSA) is 77.8 Å². The van der Waals surface area contributed by atoms with E-state index in [-0.39, 0.29) is 0 Å². The van der Waals surface area contributed by atoms with Gasteiger partial charge in [0.05, 0.1) is 5.69 Å². The summed E-state index contributed by atoms with van der Waals surface area (Å²) in [6, 6.07) is 7.80. The molecule has 2 N–H and O–H groups in total. The van der Waals surface area contributed by atoms with Gasteiger partial charge in [0.1, 0.15) is 11.3 Å². The van der Waals surface area contributed by atoms with Crippen LogP contribution in [-0.2, 0) is 6.42 Å². The Morgan fingerprint density at radius 3 is 2.95 bits per heavy atom. The van der Waals surface area contributed by atoms with Gasteiger partial charge in [-0.05, 0) is 37.2 Å². The minimum Gasteiger partial charge on any atom is -0.441 e. The zero-order valence-electron chi connectivity index (χ0n) is 11.3. The van der Waals surface area contributed by atoms with Gasteiger partial charge >= 0.3 is 0 Å². The Kier molecular flexibility index (Phi) is 3.43. The first-order chi connectivity index (χ1) is 9.76. The maximum absolute atomic E-state index is 5.52. The molecule has 5 nitrogen and oxygen atoms in total. The highest BCUT2D eigenvalue weighted by atomic mass is 16.3. The third kappa shape index (κ3) is 2.53. The van der Waals surface area contributed by atoms with Crippen LogP contribution in [0, 0.1) is 6.92 Å². The van der Waals surface area contributed by atoms with Crippen molar-refractivity contribution in [1.82, 2.24) is 15.0 Å². The summed E-state index contributed by atoms with van der Waals surface area (Å²) in [5, 5.41) is 0. The van der Waals surface area contributed by atoms with Crippen molar-refractivity contribution in [3.63, 3.8) is 0 Å². The molecule has 0 fully saturated rings. The lowest BCUT2D eigenvalue weighted by molar-refractivity contribution is 0.561. The molecule has 0 saturated heterocycles. The number of nitrogens with two attached hydrogens (primary N) is 1. The highest BCUT2D eigenvalue weighted by molar-refractivity contribution is 5.79. The number of nitrogens with zero attached hydrogens (tertiary/aromatic N) is 3. The second-order valence-corrected chi connectivity index (χ2v) is 4.67. The molecule has 0 aliphatic rings.